The topological polar surface area (TPSA) is 32.3 Å². The molecule has 2 nitrogen and oxygen atoms in total. The molecule has 0 aromatic carbocycles. The van der Waals surface area contributed by atoms with Crippen LogP contribution < -0.4 is 5.32 Å². The minimum Gasteiger partial charge on any atom is -0.393 e. The fourth-order valence-electron chi connectivity index (χ4n) is 2.52. The number of fused-ring (bicyclic) bond motifs is 1. The standard InChI is InChI=1S/C9H17NO/c11-9-5-1-4-8-7(9)3-2-6-10-8/h7-11H,1-6H2/t7-,8+,9+/m1/s1. The van der Waals surface area contributed by atoms with E-state index in [1.54, 1.807) is 0 Å². The van der Waals surface area contributed by atoms with Gasteiger partial charge in [-0.15, -0.1) is 0 Å². The molecule has 64 valence electrons. The quantitative estimate of drug-likeness (QED) is 0.544. The van der Waals surface area contributed by atoms with Crippen LogP contribution in [0.1, 0.15) is 32.1 Å². The van der Waals surface area contributed by atoms with Crippen molar-refractivity contribution < 1.29 is 5.11 Å². The Morgan fingerprint density at radius 3 is 2.82 bits per heavy atom. The third-order valence-corrected chi connectivity index (χ3v) is 3.15. The molecule has 0 amide bonds. The summed E-state index contributed by atoms with van der Waals surface area (Å²) in [5.74, 6) is 0.567. The first-order valence-corrected chi connectivity index (χ1v) is 4.79. The van der Waals surface area contributed by atoms with Crippen LogP contribution in [0.3, 0.4) is 0 Å². The van der Waals surface area contributed by atoms with E-state index >= 15 is 0 Å². The summed E-state index contributed by atoms with van der Waals surface area (Å²) in [5.41, 5.74) is 0. The molecule has 0 bridgehead atoms. The lowest BCUT2D eigenvalue weighted by Crippen LogP contribution is -2.48. The van der Waals surface area contributed by atoms with Crippen molar-refractivity contribution in [3.63, 3.8) is 0 Å². The van der Waals surface area contributed by atoms with Gasteiger partial charge in [0.15, 0.2) is 0 Å². The van der Waals surface area contributed by atoms with E-state index in [1.165, 1.54) is 25.7 Å². The van der Waals surface area contributed by atoms with Gasteiger partial charge >= 0.3 is 0 Å². The minimum atomic E-state index is -0.0125. The molecular formula is C9H17NO. The number of rotatable bonds is 0. The van der Waals surface area contributed by atoms with Gasteiger partial charge in [-0.2, -0.15) is 0 Å². The lowest BCUT2D eigenvalue weighted by Gasteiger charge is -2.39. The summed E-state index contributed by atoms with van der Waals surface area (Å²) in [7, 11) is 0. The molecule has 1 aliphatic heterocycles. The van der Waals surface area contributed by atoms with Crippen LogP contribution in [0.2, 0.25) is 0 Å². The Morgan fingerprint density at radius 1 is 1.09 bits per heavy atom. The van der Waals surface area contributed by atoms with Crippen LogP contribution in [0.5, 0.6) is 0 Å². The van der Waals surface area contributed by atoms with Gasteiger partial charge in [-0.25, -0.2) is 0 Å². The Kier molecular flexibility index (Phi) is 2.14. The molecule has 1 saturated heterocycles. The molecule has 1 heterocycles. The average molecular weight is 155 g/mol. The van der Waals surface area contributed by atoms with Gasteiger partial charge < -0.3 is 10.4 Å². The molecule has 2 aliphatic rings. The second-order valence-corrected chi connectivity index (χ2v) is 3.86. The summed E-state index contributed by atoms with van der Waals surface area (Å²) >= 11 is 0. The molecule has 1 saturated carbocycles. The zero-order chi connectivity index (χ0) is 7.68. The van der Waals surface area contributed by atoms with Crippen LogP contribution in [0, 0.1) is 5.92 Å². The molecule has 11 heavy (non-hydrogen) atoms. The first-order chi connectivity index (χ1) is 5.38. The molecular weight excluding hydrogens is 138 g/mol. The predicted molar refractivity (Wildman–Crippen MR) is 44.4 cm³/mol. The van der Waals surface area contributed by atoms with Gasteiger partial charge in [-0.1, -0.05) is 0 Å². The number of piperidine rings is 1. The van der Waals surface area contributed by atoms with Gasteiger partial charge in [-0.05, 0) is 38.6 Å². The highest BCUT2D eigenvalue weighted by molar-refractivity contribution is 4.89. The van der Waals surface area contributed by atoms with E-state index in [0.717, 1.165) is 13.0 Å². The Bertz CT molecular complexity index is 136. The number of aliphatic hydroxyl groups is 1. The number of aliphatic hydroxyl groups excluding tert-OH is 1. The zero-order valence-electron chi connectivity index (χ0n) is 6.92. The average Bonchev–Trinajstić information content (AvgIpc) is 2.06. The van der Waals surface area contributed by atoms with E-state index in [4.69, 9.17) is 0 Å². The third kappa shape index (κ3) is 1.42. The lowest BCUT2D eigenvalue weighted by atomic mass is 9.77. The van der Waals surface area contributed by atoms with E-state index in [-0.39, 0.29) is 6.10 Å². The summed E-state index contributed by atoms with van der Waals surface area (Å²) in [5, 5.41) is 13.2. The maximum absolute atomic E-state index is 9.66. The monoisotopic (exact) mass is 155 g/mol. The highest BCUT2D eigenvalue weighted by Gasteiger charge is 2.33. The lowest BCUT2D eigenvalue weighted by molar-refractivity contribution is 0.0307. The van der Waals surface area contributed by atoms with Crippen LogP contribution >= 0.6 is 0 Å². The highest BCUT2D eigenvalue weighted by Crippen LogP contribution is 2.30. The Morgan fingerprint density at radius 2 is 2.00 bits per heavy atom. The molecule has 1 aliphatic carbocycles. The molecule has 3 atom stereocenters. The van der Waals surface area contributed by atoms with Gasteiger partial charge in [0.25, 0.3) is 0 Å². The number of nitrogens with one attached hydrogen (secondary N) is 1. The van der Waals surface area contributed by atoms with Crippen molar-refractivity contribution in [2.45, 2.75) is 44.2 Å². The molecule has 2 heteroatoms. The van der Waals surface area contributed by atoms with Crippen molar-refractivity contribution in [1.29, 1.82) is 0 Å². The molecule has 2 fully saturated rings. The number of hydrogen-bond acceptors (Lipinski definition) is 2. The van der Waals surface area contributed by atoms with Crippen molar-refractivity contribution in [3.8, 4) is 0 Å². The minimum absolute atomic E-state index is 0.0125. The molecule has 0 aromatic heterocycles. The van der Waals surface area contributed by atoms with E-state index in [9.17, 15) is 5.11 Å². The zero-order valence-corrected chi connectivity index (χ0v) is 6.92. The predicted octanol–water partition coefficient (Wildman–Crippen LogP) is 0.899. The Hall–Kier alpha value is -0.0800. The van der Waals surface area contributed by atoms with Gasteiger partial charge in [0, 0.05) is 12.0 Å². The second-order valence-electron chi connectivity index (χ2n) is 3.86. The second kappa shape index (κ2) is 3.11. The van der Waals surface area contributed by atoms with Crippen molar-refractivity contribution in [2.75, 3.05) is 6.54 Å². The van der Waals surface area contributed by atoms with Crippen molar-refractivity contribution in [2.24, 2.45) is 5.92 Å². The first-order valence-electron chi connectivity index (χ1n) is 4.79. The molecule has 0 aromatic rings. The SMILES string of the molecule is O[C@H]1CCC[C@@H]2NCCC[C@H]21. The van der Waals surface area contributed by atoms with E-state index in [2.05, 4.69) is 5.32 Å². The number of hydrogen-bond donors (Lipinski definition) is 2. The highest BCUT2D eigenvalue weighted by atomic mass is 16.3. The summed E-state index contributed by atoms with van der Waals surface area (Å²) in [4.78, 5) is 0. The van der Waals surface area contributed by atoms with Gasteiger partial charge in [0.1, 0.15) is 0 Å². The molecule has 0 radical (unpaired) electrons. The molecule has 2 N–H and O–H groups in total. The largest absolute Gasteiger partial charge is 0.393 e. The van der Waals surface area contributed by atoms with Crippen LogP contribution in [0.25, 0.3) is 0 Å². The Balaban J connectivity index is 1.99. The third-order valence-electron chi connectivity index (χ3n) is 3.15. The van der Waals surface area contributed by atoms with Crippen molar-refractivity contribution in [3.05, 3.63) is 0 Å². The fourth-order valence-corrected chi connectivity index (χ4v) is 2.52. The van der Waals surface area contributed by atoms with E-state index < -0.39 is 0 Å². The van der Waals surface area contributed by atoms with Crippen molar-refractivity contribution >= 4 is 0 Å². The Labute approximate surface area is 68.0 Å². The van der Waals surface area contributed by atoms with Crippen LogP contribution in [-0.2, 0) is 0 Å². The summed E-state index contributed by atoms with van der Waals surface area (Å²) < 4.78 is 0. The molecule has 0 unspecified atom stereocenters. The van der Waals surface area contributed by atoms with Crippen molar-refractivity contribution in [1.82, 2.24) is 5.32 Å². The van der Waals surface area contributed by atoms with Crippen LogP contribution in [-0.4, -0.2) is 23.8 Å². The molecule has 2 rings (SSSR count). The summed E-state index contributed by atoms with van der Waals surface area (Å²) in [6.45, 7) is 1.16. The summed E-state index contributed by atoms with van der Waals surface area (Å²) in [6.07, 6.45) is 5.98. The fraction of sp³-hybridized carbons (Fsp3) is 1.00. The van der Waals surface area contributed by atoms with Crippen LogP contribution in [0.4, 0.5) is 0 Å². The maximum atomic E-state index is 9.66. The maximum Gasteiger partial charge on any atom is 0.0583 e. The normalized spacial score (nSPS) is 45.0. The van der Waals surface area contributed by atoms with Gasteiger partial charge in [0.2, 0.25) is 0 Å². The van der Waals surface area contributed by atoms with Crippen LogP contribution in [0.15, 0.2) is 0 Å². The van der Waals surface area contributed by atoms with Gasteiger partial charge in [0.05, 0.1) is 6.10 Å². The molecule has 0 spiro atoms. The van der Waals surface area contributed by atoms with E-state index in [0.29, 0.717) is 12.0 Å². The smallest absolute Gasteiger partial charge is 0.0583 e. The first kappa shape index (κ1) is 7.56. The van der Waals surface area contributed by atoms with Gasteiger partial charge in [-0.3, -0.25) is 0 Å². The van der Waals surface area contributed by atoms with E-state index in [1.807, 2.05) is 0 Å². The summed E-state index contributed by atoms with van der Waals surface area (Å²) in [6, 6.07) is 0.632.